The molecule has 2 aromatic rings. The van der Waals surface area contributed by atoms with Crippen molar-refractivity contribution in [2.75, 3.05) is 11.9 Å². The first-order chi connectivity index (χ1) is 9.11. The Morgan fingerprint density at radius 1 is 1.42 bits per heavy atom. The van der Waals surface area contributed by atoms with Crippen LogP contribution in [0.15, 0.2) is 24.3 Å². The minimum atomic E-state index is -0.330. The molecule has 2 rings (SSSR count). The van der Waals surface area contributed by atoms with Crippen molar-refractivity contribution in [2.24, 2.45) is 0 Å². The average Bonchev–Trinajstić information content (AvgIpc) is 2.71. The number of ether oxygens (including phenoxy) is 1. The highest BCUT2D eigenvalue weighted by Crippen LogP contribution is 2.28. The maximum atomic E-state index is 11.9. The molecule has 4 nitrogen and oxygen atoms in total. The van der Waals surface area contributed by atoms with E-state index in [1.807, 2.05) is 38.1 Å². The lowest BCUT2D eigenvalue weighted by molar-refractivity contribution is 0.0527. The van der Waals surface area contributed by atoms with Crippen LogP contribution >= 0.6 is 11.5 Å². The molecule has 19 heavy (non-hydrogen) atoms. The van der Waals surface area contributed by atoms with Gasteiger partial charge in [0.15, 0.2) is 0 Å². The Balaban J connectivity index is 2.28. The number of benzene rings is 1. The second kappa shape index (κ2) is 5.84. The van der Waals surface area contributed by atoms with Crippen molar-refractivity contribution in [3.05, 3.63) is 41.1 Å². The van der Waals surface area contributed by atoms with Gasteiger partial charge in [0.2, 0.25) is 0 Å². The number of carbonyl (C=O) groups is 1. The summed E-state index contributed by atoms with van der Waals surface area (Å²) in [4.78, 5) is 11.9. The second-order valence-corrected chi connectivity index (χ2v) is 4.96. The van der Waals surface area contributed by atoms with Crippen molar-refractivity contribution in [1.82, 2.24) is 4.37 Å². The van der Waals surface area contributed by atoms with Crippen LogP contribution in [0.5, 0.6) is 0 Å². The Labute approximate surface area is 116 Å². The number of aromatic nitrogens is 1. The van der Waals surface area contributed by atoms with Crippen LogP contribution in [-0.4, -0.2) is 16.9 Å². The molecule has 100 valence electrons. The van der Waals surface area contributed by atoms with Crippen molar-refractivity contribution >= 4 is 28.2 Å². The smallest absolute Gasteiger partial charge is 0.343 e. The van der Waals surface area contributed by atoms with Gasteiger partial charge in [0.05, 0.1) is 12.3 Å². The van der Waals surface area contributed by atoms with Crippen LogP contribution in [0, 0.1) is 13.8 Å². The van der Waals surface area contributed by atoms with Gasteiger partial charge in [0.1, 0.15) is 10.6 Å². The van der Waals surface area contributed by atoms with Crippen LogP contribution in [0.3, 0.4) is 0 Å². The van der Waals surface area contributed by atoms with Crippen molar-refractivity contribution < 1.29 is 9.53 Å². The molecule has 0 radical (unpaired) electrons. The van der Waals surface area contributed by atoms with E-state index < -0.39 is 0 Å². The molecule has 0 aliphatic carbocycles. The molecule has 0 amide bonds. The monoisotopic (exact) mass is 276 g/mol. The predicted molar refractivity (Wildman–Crippen MR) is 77.3 cm³/mol. The fourth-order valence-electron chi connectivity index (χ4n) is 1.75. The molecule has 0 bridgehead atoms. The second-order valence-electron chi connectivity index (χ2n) is 4.19. The summed E-state index contributed by atoms with van der Waals surface area (Å²) < 4.78 is 9.27. The highest BCUT2D eigenvalue weighted by atomic mass is 32.1. The summed E-state index contributed by atoms with van der Waals surface area (Å²) in [6.45, 7) is 5.98. The Morgan fingerprint density at radius 2 is 2.21 bits per heavy atom. The van der Waals surface area contributed by atoms with Crippen molar-refractivity contribution in [3.8, 4) is 0 Å². The molecule has 0 unspecified atom stereocenters. The summed E-state index contributed by atoms with van der Waals surface area (Å²) in [5, 5.41) is 3.95. The van der Waals surface area contributed by atoms with Gasteiger partial charge in [-0.25, -0.2) is 4.79 Å². The summed E-state index contributed by atoms with van der Waals surface area (Å²) in [6, 6.07) is 7.96. The van der Waals surface area contributed by atoms with Gasteiger partial charge in [-0.3, -0.25) is 0 Å². The number of rotatable bonds is 4. The van der Waals surface area contributed by atoms with Crippen molar-refractivity contribution in [2.45, 2.75) is 20.8 Å². The maximum absolute atomic E-state index is 11.9. The number of hydrogen-bond acceptors (Lipinski definition) is 5. The predicted octanol–water partition coefficient (Wildman–Crippen LogP) is 3.68. The van der Waals surface area contributed by atoms with Crippen LogP contribution in [0.1, 0.15) is 28.5 Å². The molecule has 1 aromatic heterocycles. The average molecular weight is 276 g/mol. The zero-order valence-electron chi connectivity index (χ0n) is 11.2. The first-order valence-electron chi connectivity index (χ1n) is 6.09. The van der Waals surface area contributed by atoms with E-state index in [1.54, 1.807) is 6.92 Å². The summed E-state index contributed by atoms with van der Waals surface area (Å²) in [7, 11) is 0. The number of anilines is 2. The maximum Gasteiger partial charge on any atom is 0.343 e. The Hall–Kier alpha value is -1.88. The molecule has 1 aromatic carbocycles. The molecule has 0 atom stereocenters. The number of nitrogens with zero attached hydrogens (tertiary/aromatic N) is 1. The van der Waals surface area contributed by atoms with Crippen LogP contribution < -0.4 is 5.32 Å². The fraction of sp³-hybridized carbons (Fsp3) is 0.286. The van der Waals surface area contributed by atoms with Gasteiger partial charge in [-0.05, 0) is 50.0 Å². The Kier molecular flexibility index (Phi) is 4.16. The quantitative estimate of drug-likeness (QED) is 0.865. The molecule has 0 saturated carbocycles. The number of nitrogens with one attached hydrogen (secondary N) is 1. The molecule has 1 N–H and O–H groups in total. The van der Waals surface area contributed by atoms with E-state index in [0.29, 0.717) is 17.9 Å². The van der Waals surface area contributed by atoms with E-state index in [2.05, 4.69) is 9.69 Å². The van der Waals surface area contributed by atoms with Gasteiger partial charge >= 0.3 is 5.97 Å². The van der Waals surface area contributed by atoms with Crippen molar-refractivity contribution in [3.63, 3.8) is 0 Å². The number of esters is 1. The number of hydrogen-bond donors (Lipinski definition) is 1. The summed E-state index contributed by atoms with van der Waals surface area (Å²) in [5.74, 6) is -0.330. The van der Waals surface area contributed by atoms with Gasteiger partial charge < -0.3 is 10.1 Å². The van der Waals surface area contributed by atoms with Gasteiger partial charge in [-0.15, -0.1) is 0 Å². The summed E-state index contributed by atoms with van der Waals surface area (Å²) in [6.07, 6.45) is 0. The Morgan fingerprint density at radius 3 is 2.89 bits per heavy atom. The molecule has 1 heterocycles. The van der Waals surface area contributed by atoms with Gasteiger partial charge in [-0.2, -0.15) is 4.37 Å². The third-order valence-electron chi connectivity index (χ3n) is 2.62. The minimum Gasteiger partial charge on any atom is -0.462 e. The van der Waals surface area contributed by atoms with Crippen LogP contribution in [0.4, 0.5) is 10.7 Å². The lowest BCUT2D eigenvalue weighted by Gasteiger charge is -2.07. The first kappa shape index (κ1) is 13.5. The summed E-state index contributed by atoms with van der Waals surface area (Å²) in [5.41, 5.74) is 3.31. The van der Waals surface area contributed by atoms with Crippen LogP contribution in [0.2, 0.25) is 0 Å². The van der Waals surface area contributed by atoms with E-state index in [0.717, 1.165) is 16.3 Å². The standard InChI is InChI=1S/C14H16N2O2S/c1-4-18-14(17)12-10(3)16-19-13(12)15-11-7-5-6-9(2)8-11/h5-8,15H,4H2,1-3H3. The normalized spacial score (nSPS) is 10.3. The van der Waals surface area contributed by atoms with E-state index >= 15 is 0 Å². The SMILES string of the molecule is CCOC(=O)c1c(C)nsc1Nc1cccc(C)c1. The lowest BCUT2D eigenvalue weighted by atomic mass is 10.2. The van der Waals surface area contributed by atoms with Gasteiger partial charge in [-0.1, -0.05) is 12.1 Å². The topological polar surface area (TPSA) is 51.2 Å². The molecule has 0 aliphatic heterocycles. The van der Waals surface area contributed by atoms with E-state index in [-0.39, 0.29) is 5.97 Å². The van der Waals surface area contributed by atoms with E-state index in [4.69, 9.17) is 4.74 Å². The first-order valence-corrected chi connectivity index (χ1v) is 6.86. The minimum absolute atomic E-state index is 0.330. The lowest BCUT2D eigenvalue weighted by Crippen LogP contribution is -2.07. The number of carbonyl (C=O) groups excluding carboxylic acids is 1. The molecule has 0 fully saturated rings. The molecule has 0 aliphatic rings. The van der Waals surface area contributed by atoms with Gasteiger partial charge in [0.25, 0.3) is 0 Å². The largest absolute Gasteiger partial charge is 0.462 e. The van der Waals surface area contributed by atoms with Crippen LogP contribution in [0.25, 0.3) is 0 Å². The number of aryl methyl sites for hydroxylation is 2. The molecular weight excluding hydrogens is 260 g/mol. The van der Waals surface area contributed by atoms with Gasteiger partial charge in [0, 0.05) is 5.69 Å². The summed E-state index contributed by atoms with van der Waals surface area (Å²) >= 11 is 1.27. The highest BCUT2D eigenvalue weighted by Gasteiger charge is 2.19. The third-order valence-corrected chi connectivity index (χ3v) is 3.47. The third kappa shape index (κ3) is 3.12. The zero-order valence-corrected chi connectivity index (χ0v) is 12.0. The molecular formula is C14H16N2O2S. The highest BCUT2D eigenvalue weighted by molar-refractivity contribution is 7.10. The Bertz CT molecular complexity index is 593. The van der Waals surface area contributed by atoms with E-state index in [1.165, 1.54) is 11.5 Å². The molecule has 0 spiro atoms. The zero-order chi connectivity index (χ0) is 13.8. The fourth-order valence-corrected chi connectivity index (χ4v) is 2.56. The van der Waals surface area contributed by atoms with Crippen LogP contribution in [-0.2, 0) is 4.74 Å². The van der Waals surface area contributed by atoms with E-state index in [9.17, 15) is 4.79 Å². The van der Waals surface area contributed by atoms with Crippen molar-refractivity contribution in [1.29, 1.82) is 0 Å². The molecule has 0 saturated heterocycles. The molecule has 5 heteroatoms.